The van der Waals surface area contributed by atoms with Crippen LogP contribution in [-0.2, 0) is 0 Å². The Morgan fingerprint density at radius 3 is 2.32 bits per heavy atom. The van der Waals surface area contributed by atoms with E-state index >= 15 is 0 Å². The van der Waals surface area contributed by atoms with Gasteiger partial charge in [0.1, 0.15) is 11.3 Å². The zero-order chi connectivity index (χ0) is 20.4. The third-order valence-corrected chi connectivity index (χ3v) is 4.21. The highest BCUT2D eigenvalue weighted by molar-refractivity contribution is 9.10. The Bertz CT molecular complexity index is 1140. The number of nitrogens with one attached hydrogen (secondary N) is 1. The average Bonchev–Trinajstić information content (AvgIpc) is 2.64. The van der Waals surface area contributed by atoms with Crippen LogP contribution in [0, 0.1) is 0 Å². The number of carbonyl (C=O) groups excluding carboxylic acids is 1. The summed E-state index contributed by atoms with van der Waals surface area (Å²) in [5.41, 5.74) is -1.06. The molecular weight excluding hydrogens is 434 g/mol. The van der Waals surface area contributed by atoms with Gasteiger partial charge in [-0.2, -0.15) is 9.78 Å². The number of benzene rings is 2. The number of aromatic nitrogens is 2. The van der Waals surface area contributed by atoms with E-state index in [-0.39, 0.29) is 5.69 Å². The Labute approximate surface area is 165 Å². The number of halogens is 1. The average molecular weight is 446 g/mol. The first-order chi connectivity index (χ1) is 13.3. The first-order valence-electron chi connectivity index (χ1n) is 7.73. The van der Waals surface area contributed by atoms with Gasteiger partial charge in [-0.25, -0.2) is 4.79 Å². The van der Waals surface area contributed by atoms with Crippen molar-refractivity contribution in [3.63, 3.8) is 0 Å². The number of anilines is 1. The molecule has 4 N–H and O–H groups in total. The van der Waals surface area contributed by atoms with Gasteiger partial charge < -0.3 is 20.6 Å². The molecule has 0 aliphatic rings. The number of nitrogens with zero attached hydrogens (tertiary/aromatic N) is 2. The molecule has 0 saturated heterocycles. The number of hydrogen-bond acceptors (Lipinski definition) is 6. The third kappa shape index (κ3) is 3.86. The van der Waals surface area contributed by atoms with E-state index in [0.29, 0.717) is 5.69 Å². The van der Waals surface area contributed by atoms with Gasteiger partial charge in [0.15, 0.2) is 11.4 Å². The Morgan fingerprint density at radius 2 is 1.68 bits per heavy atom. The summed E-state index contributed by atoms with van der Waals surface area (Å²) in [4.78, 5) is 35.7. The summed E-state index contributed by atoms with van der Waals surface area (Å²) in [5.74, 6) is -3.34. The molecule has 0 aliphatic heterocycles. The van der Waals surface area contributed by atoms with E-state index in [1.807, 2.05) is 0 Å². The van der Waals surface area contributed by atoms with Gasteiger partial charge in [0.2, 0.25) is 0 Å². The normalized spacial score (nSPS) is 10.5. The Morgan fingerprint density at radius 1 is 1.00 bits per heavy atom. The first-order valence-corrected chi connectivity index (χ1v) is 8.52. The van der Waals surface area contributed by atoms with Crippen molar-refractivity contribution in [2.24, 2.45) is 0 Å². The molecule has 9 nitrogen and oxygen atoms in total. The molecule has 0 fully saturated rings. The second-order valence-electron chi connectivity index (χ2n) is 5.60. The van der Waals surface area contributed by atoms with Crippen molar-refractivity contribution in [2.45, 2.75) is 0 Å². The lowest BCUT2D eigenvalue weighted by Gasteiger charge is -2.10. The number of hydrogen-bond donors (Lipinski definition) is 4. The summed E-state index contributed by atoms with van der Waals surface area (Å²) in [6.45, 7) is 0. The fourth-order valence-corrected chi connectivity index (χ4v) is 2.62. The molecule has 0 aliphatic carbocycles. The molecule has 3 rings (SSSR count). The molecule has 0 bridgehead atoms. The van der Waals surface area contributed by atoms with Crippen molar-refractivity contribution in [2.75, 3.05) is 5.32 Å². The molecule has 1 amide bonds. The molecule has 0 radical (unpaired) electrons. The first kappa shape index (κ1) is 19.1. The topological polar surface area (TPSA) is 142 Å². The molecule has 0 unspecified atom stereocenters. The number of carboxylic acid groups (broad SMARTS) is 1. The van der Waals surface area contributed by atoms with Gasteiger partial charge in [-0.05, 0) is 42.5 Å². The molecule has 2 aromatic carbocycles. The molecule has 0 atom stereocenters. The maximum atomic E-state index is 12.5. The lowest BCUT2D eigenvalue weighted by Crippen LogP contribution is -2.25. The number of aromatic carboxylic acids is 1. The zero-order valence-electron chi connectivity index (χ0n) is 14.0. The largest absolute Gasteiger partial charge is 0.507 e. The van der Waals surface area contributed by atoms with Crippen LogP contribution < -0.4 is 10.9 Å². The van der Waals surface area contributed by atoms with Crippen LogP contribution in [0.5, 0.6) is 11.5 Å². The van der Waals surface area contributed by atoms with E-state index in [0.717, 1.165) is 27.4 Å². The SMILES string of the molecule is O=C(O)c1cc(NC(=O)c2nn(-c3ccc(Br)cc3)c(=O)cc2O)ccc1O. The predicted octanol–water partition coefficient (Wildman–Crippen LogP) is 2.36. The van der Waals surface area contributed by atoms with Crippen LogP contribution in [0.25, 0.3) is 5.69 Å². The highest BCUT2D eigenvalue weighted by Gasteiger charge is 2.18. The number of carbonyl (C=O) groups is 2. The number of amides is 1. The summed E-state index contributed by atoms with van der Waals surface area (Å²) in [5, 5.41) is 34.8. The highest BCUT2D eigenvalue weighted by Crippen LogP contribution is 2.23. The maximum Gasteiger partial charge on any atom is 0.339 e. The fourth-order valence-electron chi connectivity index (χ4n) is 2.35. The monoisotopic (exact) mass is 445 g/mol. The van der Waals surface area contributed by atoms with Crippen LogP contribution in [-0.4, -0.2) is 37.0 Å². The van der Waals surface area contributed by atoms with E-state index in [9.17, 15) is 24.6 Å². The minimum atomic E-state index is -1.38. The van der Waals surface area contributed by atoms with E-state index < -0.39 is 40.2 Å². The second kappa shape index (κ2) is 7.53. The standard InChI is InChI=1S/C18H12BrN3O6/c19-9-1-4-11(5-2-9)22-15(25)8-14(24)16(21-22)17(26)20-10-3-6-13(23)12(7-10)18(27)28/h1-8,23-24H,(H,20,26)(H,27,28). The van der Waals surface area contributed by atoms with Crippen molar-refractivity contribution < 1.29 is 24.9 Å². The van der Waals surface area contributed by atoms with Crippen LogP contribution in [0.3, 0.4) is 0 Å². The summed E-state index contributed by atoms with van der Waals surface area (Å²) < 4.78 is 1.73. The van der Waals surface area contributed by atoms with Crippen molar-refractivity contribution in [3.05, 3.63) is 74.6 Å². The molecule has 0 saturated carbocycles. The number of aromatic hydroxyl groups is 2. The van der Waals surface area contributed by atoms with E-state index in [4.69, 9.17) is 5.11 Å². The molecule has 1 aromatic heterocycles. The van der Waals surface area contributed by atoms with Crippen LogP contribution >= 0.6 is 15.9 Å². The van der Waals surface area contributed by atoms with Crippen LogP contribution in [0.2, 0.25) is 0 Å². The predicted molar refractivity (Wildman–Crippen MR) is 102 cm³/mol. The van der Waals surface area contributed by atoms with E-state index in [1.165, 1.54) is 6.07 Å². The number of carboxylic acids is 1. The molecular formula is C18H12BrN3O6. The Balaban J connectivity index is 1.97. The molecule has 1 heterocycles. The van der Waals surface area contributed by atoms with Crippen molar-refractivity contribution in [1.29, 1.82) is 0 Å². The summed E-state index contributed by atoms with van der Waals surface area (Å²) in [6.07, 6.45) is 0. The lowest BCUT2D eigenvalue weighted by molar-refractivity contribution is 0.0693. The van der Waals surface area contributed by atoms with Gasteiger partial charge in [0.05, 0.1) is 5.69 Å². The quantitative estimate of drug-likeness (QED) is 0.451. The molecule has 0 spiro atoms. The van der Waals surface area contributed by atoms with Crippen molar-refractivity contribution in [3.8, 4) is 17.2 Å². The Hall–Kier alpha value is -3.66. The lowest BCUT2D eigenvalue weighted by atomic mass is 10.1. The number of rotatable bonds is 4. The van der Waals surface area contributed by atoms with Crippen molar-refractivity contribution >= 4 is 33.5 Å². The molecule has 3 aromatic rings. The Kier molecular flexibility index (Phi) is 5.14. The van der Waals surface area contributed by atoms with Crippen LogP contribution in [0.15, 0.2) is 57.8 Å². The van der Waals surface area contributed by atoms with Gasteiger partial charge in [0.25, 0.3) is 11.5 Å². The van der Waals surface area contributed by atoms with E-state index in [2.05, 4.69) is 26.3 Å². The van der Waals surface area contributed by atoms with Gasteiger partial charge in [-0.1, -0.05) is 15.9 Å². The summed E-state index contributed by atoms with van der Waals surface area (Å²) in [6, 6.07) is 10.8. The van der Waals surface area contributed by atoms with E-state index in [1.54, 1.807) is 24.3 Å². The van der Waals surface area contributed by atoms with Gasteiger partial charge in [-0.15, -0.1) is 0 Å². The second-order valence-corrected chi connectivity index (χ2v) is 6.51. The zero-order valence-corrected chi connectivity index (χ0v) is 15.5. The summed E-state index contributed by atoms with van der Waals surface area (Å²) in [7, 11) is 0. The van der Waals surface area contributed by atoms with Crippen LogP contribution in [0.4, 0.5) is 5.69 Å². The van der Waals surface area contributed by atoms with Crippen molar-refractivity contribution in [1.82, 2.24) is 9.78 Å². The van der Waals surface area contributed by atoms with Gasteiger partial charge >= 0.3 is 5.97 Å². The fraction of sp³-hybridized carbons (Fsp3) is 0. The minimum Gasteiger partial charge on any atom is -0.507 e. The highest BCUT2D eigenvalue weighted by atomic mass is 79.9. The molecule has 10 heteroatoms. The van der Waals surface area contributed by atoms with Crippen LogP contribution in [0.1, 0.15) is 20.8 Å². The maximum absolute atomic E-state index is 12.5. The molecule has 28 heavy (non-hydrogen) atoms. The smallest absolute Gasteiger partial charge is 0.339 e. The summed E-state index contributed by atoms with van der Waals surface area (Å²) >= 11 is 3.27. The number of phenols is 1. The third-order valence-electron chi connectivity index (χ3n) is 3.68. The van der Waals surface area contributed by atoms with Gasteiger partial charge in [-0.3, -0.25) is 9.59 Å². The minimum absolute atomic E-state index is 0.0581. The van der Waals surface area contributed by atoms with Gasteiger partial charge in [0, 0.05) is 16.2 Å². The molecule has 142 valence electrons.